The van der Waals surface area contributed by atoms with Gasteiger partial charge in [0, 0.05) is 0 Å². The summed E-state index contributed by atoms with van der Waals surface area (Å²) in [5, 5.41) is 0. The van der Waals surface area contributed by atoms with Crippen molar-refractivity contribution in [3.8, 4) is 0 Å². The number of unbranched alkanes of at least 4 members (excludes halogenated alkanes) is 1. The van der Waals surface area contributed by atoms with E-state index in [1.807, 2.05) is 6.92 Å². The van der Waals surface area contributed by atoms with Crippen molar-refractivity contribution in [2.24, 2.45) is 0 Å². The molecule has 0 bridgehead atoms. The Kier molecular flexibility index (Phi) is 10.9. The first-order chi connectivity index (χ1) is 4.06. The van der Waals surface area contributed by atoms with Crippen LogP contribution in [0.25, 0.3) is 0 Å². The van der Waals surface area contributed by atoms with Gasteiger partial charge in [-0.2, -0.15) is 0 Å². The van der Waals surface area contributed by atoms with Crippen LogP contribution in [0.4, 0.5) is 0 Å². The molecule has 0 saturated heterocycles. The topological polar surface area (TPSA) is 29.5 Å². The first-order valence-electron chi connectivity index (χ1n) is 2.76. The van der Waals surface area contributed by atoms with Crippen molar-refractivity contribution in [3.05, 3.63) is 0 Å². The maximum Gasteiger partial charge on any atom is 1.00 e. The van der Waals surface area contributed by atoms with E-state index in [9.17, 15) is 0 Å². The van der Waals surface area contributed by atoms with Crippen LogP contribution in [0.1, 0.15) is 21.2 Å². The van der Waals surface area contributed by atoms with Gasteiger partial charge in [0.05, 0.1) is 6.61 Å². The number of thiol groups is 1. The summed E-state index contributed by atoms with van der Waals surface area (Å²) in [4.78, 5) is 8.81. The third-order valence-electron chi connectivity index (χ3n) is 0.757. The largest absolute Gasteiger partial charge is 1.00 e. The molecule has 0 aromatic carbocycles. The number of hydrogen-bond donors (Lipinski definition) is 2. The van der Waals surface area contributed by atoms with Gasteiger partial charge < -0.3 is 10.8 Å². The molecule has 0 rings (SSSR count). The van der Waals surface area contributed by atoms with Crippen LogP contribution in [0.3, 0.4) is 0 Å². The van der Waals surface area contributed by atoms with Gasteiger partial charge in [0.25, 0.3) is 0 Å². The van der Waals surface area contributed by atoms with E-state index in [2.05, 4.69) is 24.1 Å². The molecule has 0 heterocycles. The Bertz CT molecular complexity index is 121. The maximum atomic E-state index is 8.81. The van der Waals surface area contributed by atoms with Crippen molar-refractivity contribution in [1.29, 1.82) is 0 Å². The molecule has 0 saturated carbocycles. The monoisotopic (exact) mass is 210 g/mol. The molecule has 0 fully saturated rings. The van der Waals surface area contributed by atoms with Gasteiger partial charge in [0.2, 0.25) is 5.69 Å². The molecule has 10 heavy (non-hydrogen) atoms. The second kappa shape index (κ2) is 7.56. The fraction of sp³-hybridized carbons (Fsp3) is 1.00. The van der Waals surface area contributed by atoms with Crippen molar-refractivity contribution >= 4 is 29.7 Å². The molecule has 6 heteroatoms. The van der Waals surface area contributed by atoms with Crippen LogP contribution in [0.2, 0.25) is 0 Å². The Labute approximate surface area is 95.8 Å². The average molecular weight is 210 g/mol. The van der Waals surface area contributed by atoms with Crippen LogP contribution in [0.15, 0.2) is 0 Å². The molecule has 0 aliphatic rings. The van der Waals surface area contributed by atoms with Crippen LogP contribution in [0.5, 0.6) is 0 Å². The Morgan fingerprint density at radius 1 is 1.80 bits per heavy atom. The van der Waals surface area contributed by atoms with Crippen molar-refractivity contribution in [2.75, 3.05) is 6.61 Å². The van der Waals surface area contributed by atoms with E-state index in [0.29, 0.717) is 6.61 Å². The van der Waals surface area contributed by atoms with Gasteiger partial charge in [0.1, 0.15) is 0 Å². The predicted molar refractivity (Wildman–Crippen MR) is 47.5 cm³/mol. The number of rotatable bonds is 4. The van der Waals surface area contributed by atoms with Gasteiger partial charge in [-0.1, -0.05) is 25.6 Å². The number of hydrogen-bond acceptors (Lipinski definition) is 2. The second-order valence-corrected chi connectivity index (χ2v) is 6.84. The molecule has 0 amide bonds. The van der Waals surface area contributed by atoms with Gasteiger partial charge in [-0.05, 0) is 18.2 Å². The fourth-order valence-electron chi connectivity index (χ4n) is 0.328. The van der Waals surface area contributed by atoms with Crippen LogP contribution in [-0.4, -0.2) is 11.5 Å². The molecule has 0 aliphatic heterocycles. The van der Waals surface area contributed by atoms with E-state index in [1.54, 1.807) is 0 Å². The van der Waals surface area contributed by atoms with E-state index in [1.165, 1.54) is 0 Å². The van der Waals surface area contributed by atoms with E-state index in [-0.39, 0.29) is 31.0 Å². The van der Waals surface area contributed by atoms with Crippen molar-refractivity contribution in [1.82, 2.24) is 0 Å². The summed E-state index contributed by atoms with van der Waals surface area (Å²) in [7, 11) is 0. The molecule has 0 spiro atoms. The molecule has 0 aromatic heterocycles. The van der Waals surface area contributed by atoms with E-state index in [4.69, 9.17) is 9.42 Å². The van der Waals surface area contributed by atoms with Crippen LogP contribution in [-0.2, 0) is 16.3 Å². The molecule has 58 valence electrons. The SMILES string of the molecule is CCCCOP(O)(=S)S.[H-].[Na+]. The minimum Gasteiger partial charge on any atom is -1.00 e. The van der Waals surface area contributed by atoms with E-state index in [0.717, 1.165) is 12.8 Å². The summed E-state index contributed by atoms with van der Waals surface area (Å²) in [6.07, 6.45) is 1.97. The fourth-order valence-corrected chi connectivity index (χ4v) is 1.16. The Balaban J connectivity index is -0.000000320. The molecule has 0 aromatic rings. The summed E-state index contributed by atoms with van der Waals surface area (Å²) in [5.74, 6) is 0. The van der Waals surface area contributed by atoms with Crippen LogP contribution < -0.4 is 29.6 Å². The van der Waals surface area contributed by atoms with Gasteiger partial charge >= 0.3 is 29.6 Å². The Morgan fingerprint density at radius 3 is 2.60 bits per heavy atom. The Morgan fingerprint density at radius 2 is 2.30 bits per heavy atom. The first-order valence-corrected chi connectivity index (χ1v) is 6.59. The zero-order chi connectivity index (χ0) is 7.33. The second-order valence-electron chi connectivity index (χ2n) is 1.68. The van der Waals surface area contributed by atoms with E-state index < -0.39 is 5.69 Å². The summed E-state index contributed by atoms with van der Waals surface area (Å²) >= 11 is 8.19. The van der Waals surface area contributed by atoms with Crippen molar-refractivity contribution in [3.63, 3.8) is 0 Å². The van der Waals surface area contributed by atoms with Gasteiger partial charge in [-0.3, -0.25) is 0 Å². The zero-order valence-corrected chi connectivity index (χ0v) is 10.9. The molecular weight excluding hydrogens is 198 g/mol. The average Bonchev–Trinajstić information content (AvgIpc) is 1.63. The normalized spacial score (nSPS) is 15.5. The van der Waals surface area contributed by atoms with Gasteiger partial charge in [-0.15, -0.1) is 0 Å². The van der Waals surface area contributed by atoms with Gasteiger partial charge in [-0.25, -0.2) is 0 Å². The summed E-state index contributed by atoms with van der Waals surface area (Å²) in [6.45, 7) is 2.57. The maximum absolute atomic E-state index is 8.81. The summed E-state index contributed by atoms with van der Waals surface area (Å²) < 4.78 is 4.82. The van der Waals surface area contributed by atoms with Gasteiger partial charge in [0.15, 0.2) is 0 Å². The smallest absolute Gasteiger partial charge is 1.00 e. The molecule has 1 unspecified atom stereocenters. The van der Waals surface area contributed by atoms with Crippen LogP contribution in [0, 0.1) is 0 Å². The minimum absolute atomic E-state index is 0. The van der Waals surface area contributed by atoms with E-state index >= 15 is 0 Å². The molecule has 0 aliphatic carbocycles. The van der Waals surface area contributed by atoms with Crippen LogP contribution >= 0.6 is 17.9 Å². The van der Waals surface area contributed by atoms with Crippen molar-refractivity contribution in [2.45, 2.75) is 19.8 Å². The minimum atomic E-state index is -2.67. The Hall–Kier alpha value is 1.92. The molecule has 2 nitrogen and oxygen atoms in total. The third-order valence-corrected chi connectivity index (χ3v) is 1.94. The molecule has 1 N–H and O–H groups in total. The summed E-state index contributed by atoms with van der Waals surface area (Å²) in [6, 6.07) is 0. The summed E-state index contributed by atoms with van der Waals surface area (Å²) in [5.41, 5.74) is -2.67. The quantitative estimate of drug-likeness (QED) is 0.272. The predicted octanol–water partition coefficient (Wildman–Crippen LogP) is -0.934. The standard InChI is InChI=1S/C4H11O2PS2.Na.H/c1-2-3-4-6-7(5,8)9;;/h2-4H2,1H3,(H2,5,8,9);;/q;+1;-1. The molecule has 0 radical (unpaired) electrons. The molecular formula is C4H12NaO2PS2. The van der Waals surface area contributed by atoms with Crippen molar-refractivity contribution < 1.29 is 40.4 Å². The zero-order valence-electron chi connectivity index (χ0n) is 7.28. The first kappa shape index (κ1) is 14.4. The molecule has 1 atom stereocenters. The third kappa shape index (κ3) is 12.6.